The van der Waals surface area contributed by atoms with Gasteiger partial charge in [0.2, 0.25) is 0 Å². The maximum atomic E-state index is 13.0. The third-order valence-electron chi connectivity index (χ3n) is 5.89. The fourth-order valence-corrected chi connectivity index (χ4v) is 4.00. The van der Waals surface area contributed by atoms with Crippen molar-refractivity contribution in [3.63, 3.8) is 0 Å². The van der Waals surface area contributed by atoms with Gasteiger partial charge in [0.15, 0.2) is 0 Å². The van der Waals surface area contributed by atoms with Crippen molar-refractivity contribution in [2.24, 2.45) is 0 Å². The number of rotatable bonds is 6. The summed E-state index contributed by atoms with van der Waals surface area (Å²) in [6, 6.07) is 17.7. The first-order chi connectivity index (χ1) is 14.6. The lowest BCUT2D eigenvalue weighted by atomic mass is 9.89. The highest BCUT2D eigenvalue weighted by Gasteiger charge is 2.19. The lowest BCUT2D eigenvalue weighted by Gasteiger charge is -2.31. The van der Waals surface area contributed by atoms with Crippen molar-refractivity contribution in [3.8, 4) is 11.4 Å². The van der Waals surface area contributed by atoms with Gasteiger partial charge in [0.25, 0.3) is 5.56 Å². The number of likely N-dealkylation sites (tertiary alicyclic amines) is 1. The molecule has 156 valence electrons. The van der Waals surface area contributed by atoms with Crippen molar-refractivity contribution in [2.45, 2.75) is 32.3 Å². The Morgan fingerprint density at radius 2 is 1.70 bits per heavy atom. The number of halogens is 1. The van der Waals surface area contributed by atoms with E-state index >= 15 is 0 Å². The zero-order chi connectivity index (χ0) is 20.9. The van der Waals surface area contributed by atoms with Gasteiger partial charge in [-0.25, -0.2) is 4.39 Å². The van der Waals surface area contributed by atoms with Crippen LogP contribution < -0.4 is 10.3 Å². The van der Waals surface area contributed by atoms with Gasteiger partial charge in [-0.1, -0.05) is 31.2 Å². The van der Waals surface area contributed by atoms with Gasteiger partial charge in [-0.15, -0.1) is 0 Å². The predicted octanol–water partition coefficient (Wildman–Crippen LogP) is 4.75. The lowest BCUT2D eigenvalue weighted by Crippen LogP contribution is -2.32. The molecule has 4 nitrogen and oxygen atoms in total. The highest BCUT2D eigenvalue weighted by Crippen LogP contribution is 2.28. The molecule has 0 N–H and O–H groups in total. The first-order valence-corrected chi connectivity index (χ1v) is 10.5. The van der Waals surface area contributed by atoms with Crippen LogP contribution in [0.1, 0.15) is 36.8 Å². The zero-order valence-corrected chi connectivity index (χ0v) is 17.3. The Labute approximate surface area is 176 Å². The van der Waals surface area contributed by atoms with Gasteiger partial charge in [-0.05, 0) is 79.9 Å². The number of aromatic nitrogens is 1. The van der Waals surface area contributed by atoms with E-state index in [0.29, 0.717) is 11.7 Å². The zero-order valence-electron chi connectivity index (χ0n) is 17.3. The monoisotopic (exact) mass is 406 g/mol. The maximum Gasteiger partial charge on any atom is 0.258 e. The normalized spacial score (nSPS) is 15.3. The van der Waals surface area contributed by atoms with Crippen LogP contribution in [0.3, 0.4) is 0 Å². The molecule has 0 amide bonds. The molecule has 0 bridgehead atoms. The molecule has 30 heavy (non-hydrogen) atoms. The number of nitrogens with zero attached hydrogens (tertiary/aromatic N) is 2. The Morgan fingerprint density at radius 3 is 2.33 bits per heavy atom. The van der Waals surface area contributed by atoms with Crippen molar-refractivity contribution in [1.29, 1.82) is 0 Å². The fourth-order valence-electron chi connectivity index (χ4n) is 4.00. The number of benzene rings is 2. The summed E-state index contributed by atoms with van der Waals surface area (Å²) in [4.78, 5) is 15.1. The smallest absolute Gasteiger partial charge is 0.258 e. The molecule has 0 unspecified atom stereocenters. The van der Waals surface area contributed by atoms with Crippen LogP contribution in [0, 0.1) is 5.82 Å². The van der Waals surface area contributed by atoms with Crippen LogP contribution in [0.4, 0.5) is 4.39 Å². The van der Waals surface area contributed by atoms with Crippen molar-refractivity contribution >= 4 is 0 Å². The van der Waals surface area contributed by atoms with Gasteiger partial charge >= 0.3 is 0 Å². The minimum atomic E-state index is -0.279. The molecule has 1 aromatic heterocycles. The topological polar surface area (TPSA) is 34.5 Å². The van der Waals surface area contributed by atoms with Crippen molar-refractivity contribution in [3.05, 3.63) is 94.2 Å². The maximum absolute atomic E-state index is 13.0. The lowest BCUT2D eigenvalue weighted by molar-refractivity contribution is 0.222. The van der Waals surface area contributed by atoms with E-state index in [9.17, 15) is 9.18 Å². The molecule has 0 spiro atoms. The van der Waals surface area contributed by atoms with Gasteiger partial charge in [0.1, 0.15) is 18.2 Å². The summed E-state index contributed by atoms with van der Waals surface area (Å²) in [6.45, 7) is 5.93. The summed E-state index contributed by atoms with van der Waals surface area (Å²) in [5.74, 6) is 0.819. The molecule has 0 radical (unpaired) electrons. The molecule has 2 aromatic carbocycles. The van der Waals surface area contributed by atoms with E-state index in [-0.39, 0.29) is 18.0 Å². The number of hydrogen-bond donors (Lipinski definition) is 0. The van der Waals surface area contributed by atoms with Crippen LogP contribution in [-0.4, -0.2) is 29.1 Å². The summed E-state index contributed by atoms with van der Waals surface area (Å²) in [5.41, 5.74) is 2.90. The van der Waals surface area contributed by atoms with E-state index in [4.69, 9.17) is 4.74 Å². The molecule has 4 rings (SSSR count). The average molecular weight is 407 g/mol. The summed E-state index contributed by atoms with van der Waals surface area (Å²) >= 11 is 0. The molecule has 2 heterocycles. The highest BCUT2D eigenvalue weighted by atomic mass is 19.1. The quantitative estimate of drug-likeness (QED) is 0.592. The van der Waals surface area contributed by atoms with Gasteiger partial charge < -0.3 is 9.64 Å². The Hall–Kier alpha value is -2.92. The predicted molar refractivity (Wildman–Crippen MR) is 117 cm³/mol. The summed E-state index contributed by atoms with van der Waals surface area (Å²) in [7, 11) is 0. The second kappa shape index (κ2) is 9.26. The molecular weight excluding hydrogens is 379 g/mol. The van der Waals surface area contributed by atoms with E-state index in [1.807, 2.05) is 12.1 Å². The molecule has 1 fully saturated rings. The molecule has 0 atom stereocenters. The van der Waals surface area contributed by atoms with Gasteiger partial charge in [0.05, 0.1) is 0 Å². The standard InChI is InChI=1S/C25H27FN2O2/c1-2-27-14-11-21(12-15-27)20-5-9-23(10-6-20)28-16-13-24(17-25(28)29)30-18-19-3-7-22(26)8-4-19/h3-10,13,16-17,21H,2,11-12,14-15,18H2,1H3. The molecule has 5 heteroatoms. The third-order valence-corrected chi connectivity index (χ3v) is 5.89. The first-order valence-electron chi connectivity index (χ1n) is 10.5. The van der Waals surface area contributed by atoms with Crippen molar-refractivity contribution in [1.82, 2.24) is 9.47 Å². The van der Waals surface area contributed by atoms with Crippen LogP contribution in [0.25, 0.3) is 5.69 Å². The Kier molecular flexibility index (Phi) is 6.29. The first kappa shape index (κ1) is 20.4. The minimum Gasteiger partial charge on any atom is -0.489 e. The van der Waals surface area contributed by atoms with Crippen LogP contribution in [0.2, 0.25) is 0 Å². The van der Waals surface area contributed by atoms with Crippen LogP contribution in [0.15, 0.2) is 71.7 Å². The molecule has 3 aromatic rings. The largest absolute Gasteiger partial charge is 0.489 e. The van der Waals surface area contributed by atoms with Crippen LogP contribution in [-0.2, 0) is 6.61 Å². The van der Waals surface area contributed by atoms with E-state index < -0.39 is 0 Å². The Balaban J connectivity index is 1.41. The Bertz CT molecular complexity index is 1020. The molecular formula is C25H27FN2O2. The van der Waals surface area contributed by atoms with Crippen LogP contribution >= 0.6 is 0 Å². The molecule has 0 saturated carbocycles. The number of pyridine rings is 1. The van der Waals surface area contributed by atoms with Gasteiger partial charge in [-0.2, -0.15) is 0 Å². The van der Waals surface area contributed by atoms with E-state index in [0.717, 1.165) is 30.9 Å². The second-order valence-electron chi connectivity index (χ2n) is 7.79. The summed E-state index contributed by atoms with van der Waals surface area (Å²) in [5, 5.41) is 0. The molecule has 0 aliphatic carbocycles. The SMILES string of the molecule is CCN1CCC(c2ccc(-n3ccc(OCc4ccc(F)cc4)cc3=O)cc2)CC1. The van der Waals surface area contributed by atoms with E-state index in [2.05, 4.69) is 24.0 Å². The third kappa shape index (κ3) is 4.79. The Morgan fingerprint density at radius 1 is 1.00 bits per heavy atom. The summed E-state index contributed by atoms with van der Waals surface area (Å²) in [6.07, 6.45) is 4.11. The fraction of sp³-hybridized carbons (Fsp3) is 0.320. The number of ether oxygens (including phenoxy) is 1. The second-order valence-corrected chi connectivity index (χ2v) is 7.79. The van der Waals surface area contributed by atoms with Gasteiger partial charge in [-0.3, -0.25) is 9.36 Å². The van der Waals surface area contributed by atoms with Gasteiger partial charge in [0, 0.05) is 18.0 Å². The van der Waals surface area contributed by atoms with Crippen molar-refractivity contribution < 1.29 is 9.13 Å². The van der Waals surface area contributed by atoms with E-state index in [1.165, 1.54) is 36.6 Å². The number of piperidine rings is 1. The molecule has 1 aliphatic heterocycles. The number of hydrogen-bond acceptors (Lipinski definition) is 3. The molecule has 1 saturated heterocycles. The van der Waals surface area contributed by atoms with Crippen LogP contribution in [0.5, 0.6) is 5.75 Å². The van der Waals surface area contributed by atoms with Crippen molar-refractivity contribution in [2.75, 3.05) is 19.6 Å². The summed E-state index contributed by atoms with van der Waals surface area (Å²) < 4.78 is 20.3. The highest BCUT2D eigenvalue weighted by molar-refractivity contribution is 5.37. The average Bonchev–Trinajstić information content (AvgIpc) is 2.79. The van der Waals surface area contributed by atoms with E-state index in [1.54, 1.807) is 29.0 Å². The molecule has 1 aliphatic rings. The minimum absolute atomic E-state index is 0.143.